The van der Waals surface area contributed by atoms with Crippen LogP contribution < -0.4 is 10.2 Å². The monoisotopic (exact) mass is 288 g/mol. The Morgan fingerprint density at radius 3 is 2.62 bits per heavy atom. The largest absolute Gasteiger partial charge is 0.352 e. The van der Waals surface area contributed by atoms with Crippen LogP contribution in [0.25, 0.3) is 0 Å². The Balaban J connectivity index is 2.14. The molecule has 0 radical (unpaired) electrons. The van der Waals surface area contributed by atoms with Crippen molar-refractivity contribution in [3.05, 3.63) is 29.3 Å². The van der Waals surface area contributed by atoms with E-state index in [1.165, 1.54) is 0 Å². The van der Waals surface area contributed by atoms with Gasteiger partial charge in [0.05, 0.1) is 5.41 Å². The van der Waals surface area contributed by atoms with E-state index >= 15 is 0 Å². The molecule has 4 nitrogen and oxygen atoms in total. The Kier molecular flexibility index (Phi) is 4.08. The number of hydrogen-bond donors (Lipinski definition) is 1. The molecule has 2 rings (SSSR count). The molecule has 0 spiro atoms. The highest BCUT2D eigenvalue weighted by molar-refractivity contribution is 6.07. The van der Waals surface area contributed by atoms with E-state index in [1.807, 2.05) is 45.9 Å². The van der Waals surface area contributed by atoms with E-state index in [0.29, 0.717) is 18.9 Å². The van der Waals surface area contributed by atoms with Crippen LogP contribution in [0.4, 0.5) is 5.69 Å². The topological polar surface area (TPSA) is 49.4 Å². The zero-order valence-electron chi connectivity index (χ0n) is 13.5. The van der Waals surface area contributed by atoms with Crippen molar-refractivity contribution >= 4 is 17.5 Å². The van der Waals surface area contributed by atoms with Crippen LogP contribution in [0.5, 0.6) is 0 Å². The Bertz CT molecular complexity index is 576. The fourth-order valence-corrected chi connectivity index (χ4v) is 2.77. The number of rotatable bonds is 4. The van der Waals surface area contributed by atoms with Gasteiger partial charge >= 0.3 is 0 Å². The van der Waals surface area contributed by atoms with Crippen LogP contribution in [0.2, 0.25) is 0 Å². The molecule has 1 aromatic carbocycles. The first-order chi connectivity index (χ1) is 9.73. The summed E-state index contributed by atoms with van der Waals surface area (Å²) < 4.78 is 0. The number of hydrogen-bond acceptors (Lipinski definition) is 2. The molecule has 1 N–H and O–H groups in total. The van der Waals surface area contributed by atoms with Crippen molar-refractivity contribution in [1.82, 2.24) is 5.32 Å². The molecule has 0 unspecified atom stereocenters. The first kappa shape index (κ1) is 15.5. The maximum atomic E-state index is 12.2. The Morgan fingerprint density at radius 2 is 2.00 bits per heavy atom. The lowest BCUT2D eigenvalue weighted by molar-refractivity contribution is -0.122. The summed E-state index contributed by atoms with van der Waals surface area (Å²) in [6, 6.07) is 5.97. The highest BCUT2D eigenvalue weighted by atomic mass is 16.2. The third-order valence-electron chi connectivity index (χ3n) is 4.02. The van der Waals surface area contributed by atoms with Gasteiger partial charge in [0.1, 0.15) is 0 Å². The lowest BCUT2D eigenvalue weighted by Crippen LogP contribution is -2.33. The number of anilines is 1. The second kappa shape index (κ2) is 5.51. The van der Waals surface area contributed by atoms with Crippen LogP contribution >= 0.6 is 0 Å². The van der Waals surface area contributed by atoms with Gasteiger partial charge < -0.3 is 10.2 Å². The Hall–Kier alpha value is -1.84. The van der Waals surface area contributed by atoms with Gasteiger partial charge in [-0.15, -0.1) is 0 Å². The minimum absolute atomic E-state index is 0.0675. The van der Waals surface area contributed by atoms with Crippen molar-refractivity contribution in [3.8, 4) is 0 Å². The first-order valence-electron chi connectivity index (χ1n) is 7.41. The molecule has 1 aliphatic heterocycles. The van der Waals surface area contributed by atoms with E-state index in [4.69, 9.17) is 0 Å². The molecule has 1 aromatic rings. The summed E-state index contributed by atoms with van der Waals surface area (Å²) in [4.78, 5) is 25.7. The fraction of sp³-hybridized carbons (Fsp3) is 0.529. The molecule has 0 bridgehead atoms. The van der Waals surface area contributed by atoms with Crippen molar-refractivity contribution in [2.75, 3.05) is 11.9 Å². The lowest BCUT2D eigenvalue weighted by atomic mass is 9.85. The molecule has 0 aliphatic carbocycles. The van der Waals surface area contributed by atoms with Gasteiger partial charge in [0, 0.05) is 25.7 Å². The molecule has 0 aromatic heterocycles. The van der Waals surface area contributed by atoms with E-state index < -0.39 is 5.41 Å². The number of amides is 2. The van der Waals surface area contributed by atoms with Crippen molar-refractivity contribution < 1.29 is 9.59 Å². The molecule has 21 heavy (non-hydrogen) atoms. The summed E-state index contributed by atoms with van der Waals surface area (Å²) in [5, 5.41) is 2.93. The molecule has 0 saturated carbocycles. The predicted octanol–water partition coefficient (Wildman–Crippen LogP) is 2.60. The SMILES string of the molecule is CC(C)CC(=O)NCc1ccc2c(c1)C(C)(C)C(=O)N2C. The molecule has 1 aliphatic rings. The summed E-state index contributed by atoms with van der Waals surface area (Å²) in [6.07, 6.45) is 0.539. The van der Waals surface area contributed by atoms with Gasteiger partial charge in [-0.2, -0.15) is 0 Å². The molecular formula is C17H24N2O2. The molecule has 1 heterocycles. The van der Waals surface area contributed by atoms with Crippen LogP contribution in [-0.4, -0.2) is 18.9 Å². The summed E-state index contributed by atoms with van der Waals surface area (Å²) in [6.45, 7) is 8.45. The van der Waals surface area contributed by atoms with E-state index in [2.05, 4.69) is 5.32 Å². The number of carbonyl (C=O) groups excluding carboxylic acids is 2. The molecular weight excluding hydrogens is 264 g/mol. The quantitative estimate of drug-likeness (QED) is 0.926. The highest BCUT2D eigenvalue weighted by Gasteiger charge is 2.42. The summed E-state index contributed by atoms with van der Waals surface area (Å²) in [7, 11) is 1.81. The molecule has 4 heteroatoms. The molecule has 0 saturated heterocycles. The Morgan fingerprint density at radius 1 is 1.33 bits per heavy atom. The standard InChI is InChI=1S/C17H24N2O2/c1-11(2)8-15(20)18-10-12-6-7-14-13(9-12)17(3,4)16(21)19(14)5/h6-7,9,11H,8,10H2,1-5H3,(H,18,20). The van der Waals surface area contributed by atoms with Crippen molar-refractivity contribution in [2.24, 2.45) is 5.92 Å². The number of benzene rings is 1. The third-order valence-corrected chi connectivity index (χ3v) is 4.02. The average Bonchev–Trinajstić information content (AvgIpc) is 2.57. The number of carbonyl (C=O) groups is 2. The smallest absolute Gasteiger partial charge is 0.236 e. The minimum atomic E-state index is -0.498. The van der Waals surface area contributed by atoms with Crippen molar-refractivity contribution in [3.63, 3.8) is 0 Å². The third kappa shape index (κ3) is 2.94. The number of fused-ring (bicyclic) bond motifs is 1. The van der Waals surface area contributed by atoms with E-state index in [0.717, 1.165) is 16.8 Å². The molecule has 0 atom stereocenters. The molecule has 114 valence electrons. The van der Waals surface area contributed by atoms with Gasteiger partial charge in [-0.3, -0.25) is 9.59 Å². The van der Waals surface area contributed by atoms with Crippen LogP contribution in [0, 0.1) is 5.92 Å². The van der Waals surface area contributed by atoms with E-state index in [-0.39, 0.29) is 11.8 Å². The highest BCUT2D eigenvalue weighted by Crippen LogP contribution is 2.40. The minimum Gasteiger partial charge on any atom is -0.352 e. The number of likely N-dealkylation sites (N-methyl/N-ethyl adjacent to an activating group) is 1. The van der Waals surface area contributed by atoms with Crippen LogP contribution in [-0.2, 0) is 21.5 Å². The predicted molar refractivity (Wildman–Crippen MR) is 84.2 cm³/mol. The normalized spacial score (nSPS) is 16.3. The summed E-state index contributed by atoms with van der Waals surface area (Å²) in [5.74, 6) is 0.534. The average molecular weight is 288 g/mol. The molecule has 0 fully saturated rings. The van der Waals surface area contributed by atoms with Crippen LogP contribution in [0.1, 0.15) is 45.2 Å². The van der Waals surface area contributed by atoms with Crippen molar-refractivity contribution in [2.45, 2.75) is 46.1 Å². The molecule has 2 amide bonds. The Labute approximate surface area is 126 Å². The summed E-state index contributed by atoms with van der Waals surface area (Å²) >= 11 is 0. The van der Waals surface area contributed by atoms with E-state index in [9.17, 15) is 9.59 Å². The van der Waals surface area contributed by atoms with E-state index in [1.54, 1.807) is 11.9 Å². The van der Waals surface area contributed by atoms with Gasteiger partial charge in [-0.1, -0.05) is 26.0 Å². The zero-order chi connectivity index (χ0) is 15.8. The first-order valence-corrected chi connectivity index (χ1v) is 7.41. The van der Waals surface area contributed by atoms with Crippen LogP contribution in [0.3, 0.4) is 0 Å². The van der Waals surface area contributed by atoms with Gasteiger partial charge in [0.25, 0.3) is 0 Å². The lowest BCUT2D eigenvalue weighted by Gasteiger charge is -2.17. The number of nitrogens with one attached hydrogen (secondary N) is 1. The maximum absolute atomic E-state index is 12.2. The van der Waals surface area contributed by atoms with Crippen molar-refractivity contribution in [1.29, 1.82) is 0 Å². The fourth-order valence-electron chi connectivity index (χ4n) is 2.77. The summed E-state index contributed by atoms with van der Waals surface area (Å²) in [5.41, 5.74) is 2.53. The van der Waals surface area contributed by atoms with Gasteiger partial charge in [-0.05, 0) is 37.0 Å². The van der Waals surface area contributed by atoms with Crippen LogP contribution in [0.15, 0.2) is 18.2 Å². The number of nitrogens with zero attached hydrogens (tertiary/aromatic N) is 1. The second-order valence-corrected chi connectivity index (χ2v) is 6.72. The van der Waals surface area contributed by atoms with Gasteiger partial charge in [-0.25, -0.2) is 0 Å². The maximum Gasteiger partial charge on any atom is 0.236 e. The second-order valence-electron chi connectivity index (χ2n) is 6.72. The van der Waals surface area contributed by atoms with Gasteiger partial charge in [0.15, 0.2) is 0 Å². The van der Waals surface area contributed by atoms with Gasteiger partial charge in [0.2, 0.25) is 11.8 Å². The zero-order valence-corrected chi connectivity index (χ0v) is 13.5.